The molecule has 1 aliphatic carbocycles. The second kappa shape index (κ2) is 4.36. The average molecular weight is 247 g/mol. The number of rotatable bonds is 2. The van der Waals surface area contributed by atoms with Crippen LogP contribution in [0.4, 0.5) is 0 Å². The zero-order chi connectivity index (χ0) is 10.0. The molecule has 0 N–H and O–H groups in total. The first kappa shape index (κ1) is 10.9. The third-order valence-electron chi connectivity index (χ3n) is 2.87. The summed E-state index contributed by atoms with van der Waals surface area (Å²) in [4.78, 5) is 22.5. The van der Waals surface area contributed by atoms with Crippen molar-refractivity contribution in [2.45, 2.75) is 37.9 Å². The quantitative estimate of drug-likeness (QED) is 0.702. The Balaban J connectivity index is 2.56. The molecule has 74 valence electrons. The van der Waals surface area contributed by atoms with E-state index >= 15 is 0 Å². The summed E-state index contributed by atoms with van der Waals surface area (Å²) >= 11 is 3.49. The number of Topliss-reactive ketones (excluding diaryl/α,β-unsaturated/α-hetero) is 2. The molecule has 0 heterocycles. The molecule has 3 heteroatoms. The molecular formula is C10H15BrO2. The topological polar surface area (TPSA) is 34.1 Å². The van der Waals surface area contributed by atoms with Crippen LogP contribution in [0.5, 0.6) is 0 Å². The van der Waals surface area contributed by atoms with Gasteiger partial charge in [0.1, 0.15) is 11.6 Å². The zero-order valence-electron chi connectivity index (χ0n) is 8.05. The summed E-state index contributed by atoms with van der Waals surface area (Å²) < 4.78 is 0. The molecule has 0 aromatic rings. The van der Waals surface area contributed by atoms with Crippen LogP contribution >= 0.6 is 15.9 Å². The molecule has 0 aromatic heterocycles. The fourth-order valence-corrected chi connectivity index (χ4v) is 3.03. The van der Waals surface area contributed by atoms with E-state index < -0.39 is 0 Å². The van der Waals surface area contributed by atoms with Gasteiger partial charge in [-0.25, -0.2) is 0 Å². The van der Waals surface area contributed by atoms with Crippen LogP contribution in [0, 0.1) is 11.8 Å². The summed E-state index contributed by atoms with van der Waals surface area (Å²) in [7, 11) is 0. The van der Waals surface area contributed by atoms with Crippen LogP contribution in [0.3, 0.4) is 0 Å². The van der Waals surface area contributed by atoms with Crippen molar-refractivity contribution in [3.8, 4) is 0 Å². The van der Waals surface area contributed by atoms with Crippen molar-refractivity contribution in [2.75, 3.05) is 0 Å². The molecule has 0 saturated heterocycles. The van der Waals surface area contributed by atoms with Crippen LogP contribution in [0.15, 0.2) is 0 Å². The van der Waals surface area contributed by atoms with E-state index in [2.05, 4.69) is 15.9 Å². The van der Waals surface area contributed by atoms with Crippen LogP contribution in [0.25, 0.3) is 0 Å². The van der Waals surface area contributed by atoms with E-state index in [-0.39, 0.29) is 28.2 Å². The lowest BCUT2D eigenvalue weighted by atomic mass is 9.79. The third kappa shape index (κ3) is 2.63. The first-order chi connectivity index (χ1) is 6.02. The van der Waals surface area contributed by atoms with Crippen molar-refractivity contribution in [3.05, 3.63) is 0 Å². The van der Waals surface area contributed by atoms with Gasteiger partial charge < -0.3 is 0 Å². The van der Waals surface area contributed by atoms with Gasteiger partial charge in [-0.1, -0.05) is 15.9 Å². The minimum Gasteiger partial charge on any atom is -0.300 e. The molecule has 3 atom stereocenters. The van der Waals surface area contributed by atoms with E-state index in [0.717, 1.165) is 19.3 Å². The van der Waals surface area contributed by atoms with Gasteiger partial charge in [0, 0.05) is 16.7 Å². The molecule has 0 bridgehead atoms. The normalized spacial score (nSPS) is 34.2. The molecule has 1 aliphatic rings. The van der Waals surface area contributed by atoms with Crippen LogP contribution in [-0.2, 0) is 9.59 Å². The lowest BCUT2D eigenvalue weighted by Gasteiger charge is -2.30. The highest BCUT2D eigenvalue weighted by molar-refractivity contribution is 9.09. The van der Waals surface area contributed by atoms with E-state index in [4.69, 9.17) is 0 Å². The minimum atomic E-state index is 0.121. The summed E-state index contributed by atoms with van der Waals surface area (Å²) in [6.45, 7) is 3.27. The highest BCUT2D eigenvalue weighted by Crippen LogP contribution is 2.34. The molecule has 1 rings (SSSR count). The van der Waals surface area contributed by atoms with Crippen molar-refractivity contribution >= 4 is 27.5 Å². The fourth-order valence-electron chi connectivity index (χ4n) is 1.94. The highest BCUT2D eigenvalue weighted by Gasteiger charge is 2.32. The summed E-state index contributed by atoms with van der Waals surface area (Å²) in [6.07, 6.45) is 2.55. The van der Waals surface area contributed by atoms with Crippen molar-refractivity contribution < 1.29 is 9.59 Å². The van der Waals surface area contributed by atoms with Gasteiger partial charge in [0.15, 0.2) is 0 Å². The Hall–Kier alpha value is -0.180. The van der Waals surface area contributed by atoms with Gasteiger partial charge in [-0.05, 0) is 33.1 Å². The average Bonchev–Trinajstić information content (AvgIpc) is 2.03. The summed E-state index contributed by atoms with van der Waals surface area (Å²) in [5, 5.41) is 0. The number of halogens is 1. The Morgan fingerprint density at radius 2 is 1.77 bits per heavy atom. The van der Waals surface area contributed by atoms with E-state index in [9.17, 15) is 9.59 Å². The molecule has 0 spiro atoms. The second-order valence-electron chi connectivity index (χ2n) is 3.85. The first-order valence-corrected chi connectivity index (χ1v) is 5.59. The maximum absolute atomic E-state index is 11.2. The number of carbonyl (C=O) groups is 2. The zero-order valence-corrected chi connectivity index (χ0v) is 9.63. The molecular weight excluding hydrogens is 232 g/mol. The summed E-state index contributed by atoms with van der Waals surface area (Å²) in [6, 6.07) is 0. The van der Waals surface area contributed by atoms with E-state index in [1.807, 2.05) is 0 Å². The number of carbonyl (C=O) groups excluding carboxylic acids is 2. The van der Waals surface area contributed by atoms with Gasteiger partial charge in [-0.15, -0.1) is 0 Å². The van der Waals surface area contributed by atoms with E-state index in [1.165, 1.54) is 0 Å². The number of ketones is 2. The SMILES string of the molecule is CC(=O)C1CCC(C(C)=O)C(Br)C1. The Kier molecular flexibility index (Phi) is 3.65. The van der Waals surface area contributed by atoms with Gasteiger partial charge >= 0.3 is 0 Å². The minimum absolute atomic E-state index is 0.121. The molecule has 13 heavy (non-hydrogen) atoms. The standard InChI is InChI=1S/C10H15BrO2/c1-6(12)8-3-4-9(7(2)13)10(11)5-8/h8-10H,3-5H2,1-2H3. The molecule has 0 radical (unpaired) electrons. The summed E-state index contributed by atoms with van der Waals surface area (Å²) in [5.41, 5.74) is 0. The van der Waals surface area contributed by atoms with Crippen molar-refractivity contribution in [1.29, 1.82) is 0 Å². The van der Waals surface area contributed by atoms with Crippen LogP contribution in [-0.4, -0.2) is 16.4 Å². The Labute approximate surface area is 87.2 Å². The smallest absolute Gasteiger partial charge is 0.134 e. The van der Waals surface area contributed by atoms with Crippen molar-refractivity contribution in [3.63, 3.8) is 0 Å². The van der Waals surface area contributed by atoms with Crippen molar-refractivity contribution in [2.24, 2.45) is 11.8 Å². The van der Waals surface area contributed by atoms with Gasteiger partial charge in [-0.3, -0.25) is 9.59 Å². The third-order valence-corrected chi connectivity index (χ3v) is 3.88. The van der Waals surface area contributed by atoms with E-state index in [0.29, 0.717) is 0 Å². The number of hydrogen-bond donors (Lipinski definition) is 0. The van der Waals surface area contributed by atoms with Gasteiger partial charge in [0.2, 0.25) is 0 Å². The van der Waals surface area contributed by atoms with Crippen LogP contribution < -0.4 is 0 Å². The van der Waals surface area contributed by atoms with Crippen LogP contribution in [0.1, 0.15) is 33.1 Å². The molecule has 0 aromatic carbocycles. The lowest BCUT2D eigenvalue weighted by Crippen LogP contribution is -2.32. The predicted molar refractivity (Wildman–Crippen MR) is 54.9 cm³/mol. The summed E-state index contributed by atoms with van der Waals surface area (Å²) in [5.74, 6) is 0.783. The Bertz CT molecular complexity index is 225. The molecule has 3 unspecified atom stereocenters. The second-order valence-corrected chi connectivity index (χ2v) is 5.03. The lowest BCUT2D eigenvalue weighted by molar-refractivity contribution is -0.125. The van der Waals surface area contributed by atoms with Gasteiger partial charge in [0.05, 0.1) is 0 Å². The molecule has 1 saturated carbocycles. The Morgan fingerprint density at radius 1 is 1.15 bits per heavy atom. The van der Waals surface area contributed by atoms with Gasteiger partial charge in [-0.2, -0.15) is 0 Å². The maximum atomic E-state index is 11.2. The van der Waals surface area contributed by atoms with Crippen LogP contribution in [0.2, 0.25) is 0 Å². The highest BCUT2D eigenvalue weighted by atomic mass is 79.9. The van der Waals surface area contributed by atoms with Gasteiger partial charge in [0.25, 0.3) is 0 Å². The largest absolute Gasteiger partial charge is 0.300 e. The van der Waals surface area contributed by atoms with Crippen molar-refractivity contribution in [1.82, 2.24) is 0 Å². The molecule has 2 nitrogen and oxygen atoms in total. The fraction of sp³-hybridized carbons (Fsp3) is 0.800. The maximum Gasteiger partial charge on any atom is 0.134 e. The Morgan fingerprint density at radius 3 is 2.15 bits per heavy atom. The predicted octanol–water partition coefficient (Wildman–Crippen LogP) is 2.34. The molecule has 1 fully saturated rings. The number of alkyl halides is 1. The number of hydrogen-bond acceptors (Lipinski definition) is 2. The molecule has 0 amide bonds. The monoisotopic (exact) mass is 246 g/mol. The van der Waals surface area contributed by atoms with E-state index in [1.54, 1.807) is 13.8 Å². The first-order valence-electron chi connectivity index (χ1n) is 4.67. The molecule has 0 aliphatic heterocycles.